The fourth-order valence-corrected chi connectivity index (χ4v) is 2.38. The summed E-state index contributed by atoms with van der Waals surface area (Å²) in [5.74, 6) is 0.0657. The van der Waals surface area contributed by atoms with Crippen LogP contribution in [-0.4, -0.2) is 5.11 Å². The van der Waals surface area contributed by atoms with Crippen molar-refractivity contribution in [2.24, 2.45) is 0 Å². The summed E-state index contributed by atoms with van der Waals surface area (Å²) in [6, 6.07) is 12.0. The van der Waals surface area contributed by atoms with E-state index in [1.807, 2.05) is 32.0 Å². The highest BCUT2D eigenvalue weighted by molar-refractivity contribution is 5.78. The molecule has 102 valence electrons. The van der Waals surface area contributed by atoms with E-state index in [4.69, 9.17) is 4.42 Å². The van der Waals surface area contributed by atoms with Crippen LogP contribution in [0.1, 0.15) is 28.6 Å². The number of benzene rings is 2. The number of fused-ring (bicyclic) bond motifs is 1. The Hall–Kier alpha value is -2.13. The first-order chi connectivity index (χ1) is 9.54. The zero-order valence-electron chi connectivity index (χ0n) is 11.4. The molecule has 0 fully saturated rings. The number of hydrogen-bond acceptors (Lipinski definition) is 2. The van der Waals surface area contributed by atoms with Crippen LogP contribution in [0.3, 0.4) is 0 Å². The number of halogens is 1. The van der Waals surface area contributed by atoms with Gasteiger partial charge in [0.25, 0.3) is 0 Å². The highest BCUT2D eigenvalue weighted by Crippen LogP contribution is 2.30. The molecule has 1 heterocycles. The van der Waals surface area contributed by atoms with Crippen molar-refractivity contribution in [3.05, 3.63) is 70.7 Å². The van der Waals surface area contributed by atoms with Crippen molar-refractivity contribution < 1.29 is 13.9 Å². The molecule has 20 heavy (non-hydrogen) atoms. The van der Waals surface area contributed by atoms with Gasteiger partial charge in [-0.25, -0.2) is 4.39 Å². The van der Waals surface area contributed by atoms with Crippen LogP contribution in [0.15, 0.2) is 46.9 Å². The van der Waals surface area contributed by atoms with E-state index in [1.165, 1.54) is 12.1 Å². The molecule has 0 radical (unpaired) electrons. The second-order valence-corrected chi connectivity index (χ2v) is 5.09. The number of rotatable bonds is 2. The van der Waals surface area contributed by atoms with Crippen molar-refractivity contribution in [1.82, 2.24) is 0 Å². The standard InChI is InChI=1S/C17H15FO2/c1-10-3-6-15-12(7-10)8-16(20-15)17(19)14-9-13(18)5-4-11(14)2/h3-9,17,19H,1-2H3. The monoisotopic (exact) mass is 270 g/mol. The molecule has 0 bridgehead atoms. The maximum Gasteiger partial charge on any atom is 0.138 e. The van der Waals surface area contributed by atoms with Crippen LogP contribution in [0.5, 0.6) is 0 Å². The number of furan rings is 1. The Morgan fingerprint density at radius 2 is 1.85 bits per heavy atom. The van der Waals surface area contributed by atoms with Crippen LogP contribution in [0, 0.1) is 19.7 Å². The molecule has 1 unspecified atom stereocenters. The molecule has 0 saturated carbocycles. The SMILES string of the molecule is Cc1ccc2oc(C(O)c3cc(F)ccc3C)cc2c1. The maximum atomic E-state index is 13.3. The van der Waals surface area contributed by atoms with E-state index in [1.54, 1.807) is 12.1 Å². The summed E-state index contributed by atoms with van der Waals surface area (Å²) in [6.45, 7) is 3.84. The molecule has 1 aromatic heterocycles. The quantitative estimate of drug-likeness (QED) is 0.754. The molecule has 0 aliphatic heterocycles. The predicted octanol–water partition coefficient (Wildman–Crippen LogP) is 4.27. The Labute approximate surface area is 116 Å². The van der Waals surface area contributed by atoms with Gasteiger partial charge in [-0.15, -0.1) is 0 Å². The lowest BCUT2D eigenvalue weighted by atomic mass is 10.0. The summed E-state index contributed by atoms with van der Waals surface area (Å²) in [6.07, 6.45) is -0.960. The van der Waals surface area contributed by atoms with E-state index < -0.39 is 6.10 Å². The van der Waals surface area contributed by atoms with Crippen molar-refractivity contribution in [1.29, 1.82) is 0 Å². The van der Waals surface area contributed by atoms with E-state index in [0.29, 0.717) is 11.3 Å². The maximum absolute atomic E-state index is 13.3. The number of aliphatic hydroxyl groups excluding tert-OH is 1. The first kappa shape index (κ1) is 12.9. The molecule has 0 aliphatic carbocycles. The largest absolute Gasteiger partial charge is 0.458 e. The Bertz CT molecular complexity index is 774. The molecular weight excluding hydrogens is 255 g/mol. The van der Waals surface area contributed by atoms with Gasteiger partial charge in [0.15, 0.2) is 0 Å². The zero-order valence-corrected chi connectivity index (χ0v) is 11.4. The molecule has 2 nitrogen and oxygen atoms in total. The summed E-state index contributed by atoms with van der Waals surface area (Å²) in [5, 5.41) is 11.3. The zero-order chi connectivity index (χ0) is 14.3. The minimum atomic E-state index is -0.960. The third-order valence-corrected chi connectivity index (χ3v) is 3.50. The summed E-state index contributed by atoms with van der Waals surface area (Å²) in [4.78, 5) is 0. The van der Waals surface area contributed by atoms with Crippen LogP contribution in [0.25, 0.3) is 11.0 Å². The summed E-state index contributed by atoms with van der Waals surface area (Å²) >= 11 is 0. The summed E-state index contributed by atoms with van der Waals surface area (Å²) in [5.41, 5.74) is 3.20. The summed E-state index contributed by atoms with van der Waals surface area (Å²) in [7, 11) is 0. The number of aryl methyl sites for hydroxylation is 2. The van der Waals surface area contributed by atoms with E-state index in [0.717, 1.165) is 22.1 Å². The number of hydrogen-bond donors (Lipinski definition) is 1. The molecule has 3 rings (SSSR count). The topological polar surface area (TPSA) is 33.4 Å². The average molecular weight is 270 g/mol. The smallest absolute Gasteiger partial charge is 0.138 e. The first-order valence-corrected chi connectivity index (χ1v) is 6.49. The van der Waals surface area contributed by atoms with E-state index in [2.05, 4.69) is 0 Å². The fourth-order valence-electron chi connectivity index (χ4n) is 2.38. The molecule has 3 heteroatoms. The highest BCUT2D eigenvalue weighted by atomic mass is 19.1. The van der Waals surface area contributed by atoms with Crippen LogP contribution in [0.4, 0.5) is 4.39 Å². The molecular formula is C17H15FO2. The molecule has 1 N–H and O–H groups in total. The van der Waals surface area contributed by atoms with Crippen molar-refractivity contribution in [2.75, 3.05) is 0 Å². The summed E-state index contributed by atoms with van der Waals surface area (Å²) < 4.78 is 19.0. The van der Waals surface area contributed by atoms with Crippen molar-refractivity contribution in [3.8, 4) is 0 Å². The molecule has 3 aromatic rings. The molecule has 0 aliphatic rings. The van der Waals surface area contributed by atoms with Gasteiger partial charge in [0.05, 0.1) is 0 Å². The Kier molecular flexibility index (Phi) is 3.07. The van der Waals surface area contributed by atoms with Gasteiger partial charge in [-0.05, 0) is 55.3 Å². The van der Waals surface area contributed by atoms with E-state index in [-0.39, 0.29) is 5.82 Å². The van der Waals surface area contributed by atoms with Gasteiger partial charge in [-0.1, -0.05) is 17.7 Å². The lowest BCUT2D eigenvalue weighted by Gasteiger charge is -2.11. The second kappa shape index (κ2) is 4.76. The Morgan fingerprint density at radius 3 is 2.65 bits per heavy atom. The minimum absolute atomic E-state index is 0.364. The van der Waals surface area contributed by atoms with Gasteiger partial charge in [-0.2, -0.15) is 0 Å². The van der Waals surface area contributed by atoms with Crippen molar-refractivity contribution >= 4 is 11.0 Å². The van der Waals surface area contributed by atoms with Gasteiger partial charge in [0.2, 0.25) is 0 Å². The van der Waals surface area contributed by atoms with Crippen molar-refractivity contribution in [3.63, 3.8) is 0 Å². The van der Waals surface area contributed by atoms with Crippen LogP contribution in [-0.2, 0) is 0 Å². The van der Waals surface area contributed by atoms with E-state index in [9.17, 15) is 9.50 Å². The minimum Gasteiger partial charge on any atom is -0.458 e. The third-order valence-electron chi connectivity index (χ3n) is 3.50. The van der Waals surface area contributed by atoms with E-state index >= 15 is 0 Å². The lowest BCUT2D eigenvalue weighted by molar-refractivity contribution is 0.191. The first-order valence-electron chi connectivity index (χ1n) is 6.49. The third kappa shape index (κ3) is 2.21. The molecule has 2 aromatic carbocycles. The average Bonchev–Trinajstić information content (AvgIpc) is 2.83. The van der Waals surface area contributed by atoms with Crippen LogP contribution >= 0.6 is 0 Å². The fraction of sp³-hybridized carbons (Fsp3) is 0.176. The molecule has 0 amide bonds. The van der Waals surface area contributed by atoms with Gasteiger partial charge < -0.3 is 9.52 Å². The predicted molar refractivity (Wildman–Crippen MR) is 76.1 cm³/mol. The van der Waals surface area contributed by atoms with Gasteiger partial charge in [-0.3, -0.25) is 0 Å². The molecule has 0 spiro atoms. The van der Waals surface area contributed by atoms with Crippen LogP contribution < -0.4 is 0 Å². The number of aliphatic hydroxyl groups is 1. The Morgan fingerprint density at radius 1 is 1.05 bits per heavy atom. The van der Waals surface area contributed by atoms with Gasteiger partial charge >= 0.3 is 0 Å². The highest BCUT2D eigenvalue weighted by Gasteiger charge is 2.18. The molecule has 1 atom stereocenters. The van der Waals surface area contributed by atoms with Gasteiger partial charge in [0, 0.05) is 5.39 Å². The Balaban J connectivity index is 2.07. The second-order valence-electron chi connectivity index (χ2n) is 5.09. The van der Waals surface area contributed by atoms with Crippen molar-refractivity contribution in [2.45, 2.75) is 20.0 Å². The van der Waals surface area contributed by atoms with Crippen LogP contribution in [0.2, 0.25) is 0 Å². The normalized spacial score (nSPS) is 12.8. The van der Waals surface area contributed by atoms with Gasteiger partial charge in [0.1, 0.15) is 23.3 Å². The molecule has 0 saturated heterocycles. The lowest BCUT2D eigenvalue weighted by Crippen LogP contribution is -2.01.